The topological polar surface area (TPSA) is 69.6 Å². The van der Waals surface area contributed by atoms with Crippen molar-refractivity contribution < 1.29 is 14.1 Å². The third kappa shape index (κ3) is 2.85. The van der Waals surface area contributed by atoms with Crippen LogP contribution in [0.4, 0.5) is 0 Å². The number of hydrogen-bond donors (Lipinski definition) is 1. The highest BCUT2D eigenvalue weighted by Crippen LogP contribution is 2.37. The van der Waals surface area contributed by atoms with E-state index in [2.05, 4.69) is 5.32 Å². The van der Waals surface area contributed by atoms with Crippen molar-refractivity contribution in [2.24, 2.45) is 7.05 Å². The number of carbonyl (C=O) groups is 1. The van der Waals surface area contributed by atoms with Crippen molar-refractivity contribution in [2.45, 2.75) is 52.2 Å². The van der Waals surface area contributed by atoms with Crippen molar-refractivity contribution in [3.05, 3.63) is 33.3 Å². The lowest BCUT2D eigenvalue weighted by Crippen LogP contribution is -2.41. The molecule has 1 N–H and O–H groups in total. The summed E-state index contributed by atoms with van der Waals surface area (Å²) in [5.74, 6) is -0.138. The van der Waals surface area contributed by atoms with E-state index in [1.165, 1.54) is 4.57 Å². The van der Waals surface area contributed by atoms with E-state index in [-0.39, 0.29) is 11.5 Å². The average Bonchev–Trinajstić information content (AvgIpc) is 3.03. The Morgan fingerprint density at radius 1 is 1.28 bits per heavy atom. The Balaban J connectivity index is 2.06. The van der Waals surface area contributed by atoms with E-state index < -0.39 is 18.3 Å². The molecule has 0 radical (unpaired) electrons. The van der Waals surface area contributed by atoms with E-state index in [1.807, 2.05) is 34.6 Å². The summed E-state index contributed by atoms with van der Waals surface area (Å²) in [6, 6.07) is 0. The summed E-state index contributed by atoms with van der Waals surface area (Å²) in [6.45, 7) is 10.4. The number of pyridine rings is 1. The summed E-state index contributed by atoms with van der Waals surface area (Å²) >= 11 is 0. The van der Waals surface area contributed by atoms with Crippen LogP contribution in [0, 0.1) is 0 Å². The van der Waals surface area contributed by atoms with Crippen molar-refractivity contribution in [3.63, 3.8) is 0 Å². The summed E-state index contributed by atoms with van der Waals surface area (Å²) in [4.78, 5) is 24.7. The molecule has 1 saturated heterocycles. The molecule has 0 atom stereocenters. The van der Waals surface area contributed by atoms with Crippen LogP contribution in [0.25, 0.3) is 6.08 Å². The molecule has 0 aromatic carbocycles. The predicted molar refractivity (Wildman–Crippen MR) is 97.8 cm³/mol. The Morgan fingerprint density at radius 2 is 1.88 bits per heavy atom. The molecule has 7 heteroatoms. The molecular weight excluding hydrogens is 319 g/mol. The molecule has 1 amide bonds. The summed E-state index contributed by atoms with van der Waals surface area (Å²) < 4.78 is 13.8. The van der Waals surface area contributed by atoms with Gasteiger partial charge in [-0.2, -0.15) is 0 Å². The number of hydrogen-bond acceptors (Lipinski definition) is 4. The fraction of sp³-hybridized carbons (Fsp3) is 0.556. The van der Waals surface area contributed by atoms with E-state index in [0.717, 1.165) is 11.0 Å². The summed E-state index contributed by atoms with van der Waals surface area (Å²) in [5.41, 5.74) is 1.73. The summed E-state index contributed by atoms with van der Waals surface area (Å²) in [7, 11) is 1.14. The van der Waals surface area contributed by atoms with Crippen molar-refractivity contribution in [1.82, 2.24) is 9.88 Å². The first-order valence-corrected chi connectivity index (χ1v) is 8.64. The maximum atomic E-state index is 12.5. The van der Waals surface area contributed by atoms with Gasteiger partial charge in [-0.3, -0.25) is 9.59 Å². The van der Waals surface area contributed by atoms with Gasteiger partial charge < -0.3 is 19.2 Å². The molecule has 0 saturated carbocycles. The lowest BCUT2D eigenvalue weighted by Gasteiger charge is -2.32. The average molecular weight is 344 g/mol. The quantitative estimate of drug-likeness (QED) is 0.822. The van der Waals surface area contributed by atoms with Gasteiger partial charge in [0.25, 0.3) is 5.56 Å². The molecule has 0 spiro atoms. The highest BCUT2D eigenvalue weighted by atomic mass is 16.7. The predicted octanol–water partition coefficient (Wildman–Crippen LogP) is 0.760. The van der Waals surface area contributed by atoms with Crippen molar-refractivity contribution in [3.8, 4) is 0 Å². The number of likely N-dealkylation sites (N-methyl/N-ethyl adjacent to an activating group) is 1. The third-order valence-electron chi connectivity index (χ3n) is 5.37. The minimum Gasteiger partial charge on any atom is -0.399 e. The standard InChI is InChI=1S/C18H25BN2O4/c1-7-20-15(22)11-8-12-13(9-11)16(23)21(6)10-14(12)19-24-17(2,3)18(4,5)25-19/h8,10H,7,9H2,1-6H3,(H,20,22). The summed E-state index contributed by atoms with van der Waals surface area (Å²) in [6.07, 6.45) is 3.88. The lowest BCUT2D eigenvalue weighted by molar-refractivity contribution is -0.117. The van der Waals surface area contributed by atoms with E-state index in [4.69, 9.17) is 9.31 Å². The first-order valence-electron chi connectivity index (χ1n) is 8.64. The van der Waals surface area contributed by atoms with Crippen molar-refractivity contribution in [1.29, 1.82) is 0 Å². The van der Waals surface area contributed by atoms with Crippen LogP contribution in [-0.2, 0) is 27.6 Å². The number of carbonyl (C=O) groups excluding carboxylic acids is 1. The number of nitrogens with one attached hydrogen (secondary N) is 1. The number of aromatic nitrogens is 1. The third-order valence-corrected chi connectivity index (χ3v) is 5.37. The normalized spacial score (nSPS) is 20.4. The van der Waals surface area contributed by atoms with E-state index in [9.17, 15) is 9.59 Å². The van der Waals surface area contributed by atoms with Crippen LogP contribution >= 0.6 is 0 Å². The Hall–Kier alpha value is -1.86. The van der Waals surface area contributed by atoms with Crippen LogP contribution in [0.2, 0.25) is 0 Å². The minimum atomic E-state index is -0.574. The van der Waals surface area contributed by atoms with Gasteiger partial charge in [-0.1, -0.05) is 0 Å². The van der Waals surface area contributed by atoms with Gasteiger partial charge in [0.05, 0.1) is 11.2 Å². The monoisotopic (exact) mass is 344 g/mol. The first-order chi connectivity index (χ1) is 11.6. The van der Waals surface area contributed by atoms with Crippen LogP contribution < -0.4 is 16.3 Å². The molecule has 1 fully saturated rings. The van der Waals surface area contributed by atoms with Gasteiger partial charge in [0.15, 0.2) is 0 Å². The van der Waals surface area contributed by atoms with Crippen LogP contribution in [0.5, 0.6) is 0 Å². The largest absolute Gasteiger partial charge is 0.496 e. The van der Waals surface area contributed by atoms with Crippen LogP contribution in [0.15, 0.2) is 16.6 Å². The highest BCUT2D eigenvalue weighted by molar-refractivity contribution is 6.63. The molecule has 0 unspecified atom stereocenters. The Morgan fingerprint density at radius 3 is 2.44 bits per heavy atom. The molecule has 6 nitrogen and oxygen atoms in total. The van der Waals surface area contributed by atoms with Gasteiger partial charge in [0.2, 0.25) is 5.91 Å². The van der Waals surface area contributed by atoms with E-state index in [0.29, 0.717) is 24.1 Å². The molecule has 0 bridgehead atoms. The minimum absolute atomic E-state index is 0.0918. The number of amides is 1. The number of nitrogens with zero attached hydrogens (tertiary/aromatic N) is 1. The Kier molecular flexibility index (Phi) is 4.20. The smallest absolute Gasteiger partial charge is 0.399 e. The van der Waals surface area contributed by atoms with Gasteiger partial charge in [0.1, 0.15) is 0 Å². The molecule has 25 heavy (non-hydrogen) atoms. The lowest BCUT2D eigenvalue weighted by atomic mass is 9.76. The second-order valence-corrected chi connectivity index (χ2v) is 7.69. The molecule has 1 aliphatic carbocycles. The van der Waals surface area contributed by atoms with Gasteiger partial charge >= 0.3 is 7.12 Å². The molecule has 1 aliphatic heterocycles. The van der Waals surface area contributed by atoms with E-state index >= 15 is 0 Å². The SMILES string of the molecule is CCNC(=O)C1=Cc2c(B3OC(C)(C)C(C)(C)O3)cn(C)c(=O)c2C1. The Bertz CT molecular complexity index is 807. The second-order valence-electron chi connectivity index (χ2n) is 7.69. The summed E-state index contributed by atoms with van der Waals surface area (Å²) in [5, 5.41) is 2.79. The maximum Gasteiger partial charge on any atom is 0.496 e. The van der Waals surface area contributed by atoms with Crippen LogP contribution in [0.3, 0.4) is 0 Å². The van der Waals surface area contributed by atoms with Crippen molar-refractivity contribution >= 4 is 24.6 Å². The molecule has 1 aromatic heterocycles. The maximum absolute atomic E-state index is 12.5. The fourth-order valence-corrected chi connectivity index (χ4v) is 3.17. The van der Waals surface area contributed by atoms with Crippen LogP contribution in [-0.4, -0.2) is 35.3 Å². The zero-order valence-corrected chi connectivity index (χ0v) is 15.7. The molecule has 3 rings (SSSR count). The molecule has 1 aromatic rings. The van der Waals surface area contributed by atoms with E-state index in [1.54, 1.807) is 19.3 Å². The fourth-order valence-electron chi connectivity index (χ4n) is 3.17. The van der Waals surface area contributed by atoms with Crippen molar-refractivity contribution in [2.75, 3.05) is 6.54 Å². The molecule has 134 valence electrons. The van der Waals surface area contributed by atoms with Gasteiger partial charge in [-0.05, 0) is 46.3 Å². The number of aryl methyl sites for hydroxylation is 1. The molecular formula is C18H25BN2O4. The second kappa shape index (κ2) is 5.85. The molecule has 2 heterocycles. The van der Waals surface area contributed by atoms with Gasteiger partial charge in [0, 0.05) is 42.8 Å². The first kappa shape index (κ1) is 18.0. The van der Waals surface area contributed by atoms with Gasteiger partial charge in [-0.25, -0.2) is 0 Å². The highest BCUT2D eigenvalue weighted by Gasteiger charge is 2.52. The van der Waals surface area contributed by atoms with Gasteiger partial charge in [-0.15, -0.1) is 0 Å². The number of rotatable bonds is 3. The molecule has 2 aliphatic rings. The number of fused-ring (bicyclic) bond motifs is 1. The Labute approximate surface area is 148 Å². The zero-order valence-electron chi connectivity index (χ0n) is 15.7. The zero-order chi connectivity index (χ0) is 18.6. The van der Waals surface area contributed by atoms with Crippen LogP contribution in [0.1, 0.15) is 45.7 Å².